The highest BCUT2D eigenvalue weighted by Gasteiger charge is 2.11. The molecular formula is C15H14N4OS. The molecule has 0 fully saturated rings. The molecule has 106 valence electrons. The normalized spacial score (nSPS) is 10.8. The molecule has 0 atom stereocenters. The molecule has 3 aromatic rings. The van der Waals surface area contributed by atoms with E-state index < -0.39 is 0 Å². The van der Waals surface area contributed by atoms with Crippen LogP contribution in [0, 0.1) is 6.92 Å². The van der Waals surface area contributed by atoms with E-state index in [9.17, 15) is 4.79 Å². The summed E-state index contributed by atoms with van der Waals surface area (Å²) in [5.41, 5.74) is 2.46. The van der Waals surface area contributed by atoms with Crippen LogP contribution in [-0.2, 0) is 0 Å². The van der Waals surface area contributed by atoms with Gasteiger partial charge in [-0.3, -0.25) is 4.79 Å². The molecule has 0 aliphatic carbocycles. The fraction of sp³-hybridized carbons (Fsp3) is 0.133. The second-order valence-corrected chi connectivity index (χ2v) is 5.39. The van der Waals surface area contributed by atoms with Crippen LogP contribution in [0.5, 0.6) is 0 Å². The first kappa shape index (κ1) is 13.6. The number of rotatable bonds is 3. The Balaban J connectivity index is 2.18. The highest BCUT2D eigenvalue weighted by atomic mass is 32.2. The lowest BCUT2D eigenvalue weighted by atomic mass is 10.2. The van der Waals surface area contributed by atoms with Crippen LogP contribution in [0.1, 0.15) is 5.56 Å². The Bertz CT molecular complexity index is 860. The first-order chi connectivity index (χ1) is 10.2. The molecular weight excluding hydrogens is 284 g/mol. The Labute approximate surface area is 125 Å². The molecule has 2 N–H and O–H groups in total. The summed E-state index contributed by atoms with van der Waals surface area (Å²) in [5, 5.41) is 4.32. The van der Waals surface area contributed by atoms with Crippen LogP contribution in [0.3, 0.4) is 0 Å². The van der Waals surface area contributed by atoms with E-state index in [1.54, 1.807) is 12.3 Å². The van der Waals surface area contributed by atoms with E-state index in [2.05, 4.69) is 20.3 Å². The number of pyridine rings is 1. The molecule has 0 bridgehead atoms. The van der Waals surface area contributed by atoms with Crippen molar-refractivity contribution in [1.82, 2.24) is 15.0 Å². The van der Waals surface area contributed by atoms with Gasteiger partial charge in [0.25, 0.3) is 5.56 Å². The van der Waals surface area contributed by atoms with Crippen molar-refractivity contribution in [2.24, 2.45) is 0 Å². The maximum Gasteiger partial charge on any atom is 0.261 e. The van der Waals surface area contributed by atoms with Crippen molar-refractivity contribution in [3.8, 4) is 0 Å². The van der Waals surface area contributed by atoms with E-state index >= 15 is 0 Å². The standard InChI is InChI=1S/C15H14N4OS/c1-9-4-3-5-10(8-9)17-13-12-11(6-7-16-14(12)20)18-15(19-13)21-2/h3-8H,1-2H3,(H,16,20)(H,17,18,19). The zero-order chi connectivity index (χ0) is 14.8. The average Bonchev–Trinajstić information content (AvgIpc) is 2.47. The second-order valence-electron chi connectivity index (χ2n) is 4.62. The molecule has 6 heteroatoms. The number of aromatic amines is 1. The minimum Gasteiger partial charge on any atom is -0.339 e. The highest BCUT2D eigenvalue weighted by molar-refractivity contribution is 7.98. The van der Waals surface area contributed by atoms with Crippen molar-refractivity contribution < 1.29 is 0 Å². The molecule has 0 radical (unpaired) electrons. The van der Waals surface area contributed by atoms with E-state index in [-0.39, 0.29) is 5.56 Å². The first-order valence-corrected chi connectivity index (χ1v) is 7.67. The van der Waals surface area contributed by atoms with Crippen LogP contribution in [-0.4, -0.2) is 21.2 Å². The minimum absolute atomic E-state index is 0.199. The molecule has 21 heavy (non-hydrogen) atoms. The van der Waals surface area contributed by atoms with E-state index in [1.165, 1.54) is 11.8 Å². The number of hydrogen-bond acceptors (Lipinski definition) is 5. The van der Waals surface area contributed by atoms with E-state index in [1.807, 2.05) is 37.4 Å². The molecule has 2 aromatic heterocycles. The number of H-pyrrole nitrogens is 1. The van der Waals surface area contributed by atoms with E-state index in [0.29, 0.717) is 21.9 Å². The maximum absolute atomic E-state index is 12.1. The van der Waals surface area contributed by atoms with Crippen molar-refractivity contribution >= 4 is 34.2 Å². The third-order valence-corrected chi connectivity index (χ3v) is 3.61. The predicted molar refractivity (Wildman–Crippen MR) is 86.4 cm³/mol. The molecule has 5 nitrogen and oxygen atoms in total. The van der Waals surface area contributed by atoms with Gasteiger partial charge in [-0.1, -0.05) is 23.9 Å². The van der Waals surface area contributed by atoms with Gasteiger partial charge in [-0.2, -0.15) is 0 Å². The third-order valence-electron chi connectivity index (χ3n) is 3.06. The lowest BCUT2D eigenvalue weighted by Crippen LogP contribution is -2.10. The smallest absolute Gasteiger partial charge is 0.261 e. The maximum atomic E-state index is 12.1. The van der Waals surface area contributed by atoms with Crippen molar-refractivity contribution in [2.45, 2.75) is 12.1 Å². The van der Waals surface area contributed by atoms with Gasteiger partial charge in [0.05, 0.1) is 5.52 Å². The molecule has 0 aliphatic rings. The number of aromatic nitrogens is 3. The molecule has 1 aromatic carbocycles. The van der Waals surface area contributed by atoms with Crippen LogP contribution in [0.4, 0.5) is 11.5 Å². The van der Waals surface area contributed by atoms with E-state index in [0.717, 1.165) is 11.3 Å². The average molecular weight is 298 g/mol. The Morgan fingerprint density at radius 3 is 2.86 bits per heavy atom. The largest absolute Gasteiger partial charge is 0.339 e. The SMILES string of the molecule is CSc1nc(Nc2cccc(C)c2)c2c(=O)[nH]ccc2n1. The Morgan fingerprint density at radius 2 is 2.10 bits per heavy atom. The number of fused-ring (bicyclic) bond motifs is 1. The fourth-order valence-electron chi connectivity index (χ4n) is 2.11. The number of aryl methyl sites for hydroxylation is 1. The summed E-state index contributed by atoms with van der Waals surface area (Å²) in [6, 6.07) is 9.70. The lowest BCUT2D eigenvalue weighted by Gasteiger charge is -2.09. The van der Waals surface area contributed by atoms with E-state index in [4.69, 9.17) is 0 Å². The third kappa shape index (κ3) is 2.75. The summed E-state index contributed by atoms with van der Waals surface area (Å²) in [4.78, 5) is 23.5. The number of anilines is 2. The van der Waals surface area contributed by atoms with Gasteiger partial charge in [0, 0.05) is 11.9 Å². The summed E-state index contributed by atoms with van der Waals surface area (Å²) in [5.74, 6) is 0.525. The van der Waals surface area contributed by atoms with Gasteiger partial charge in [0.1, 0.15) is 11.2 Å². The zero-order valence-corrected chi connectivity index (χ0v) is 12.5. The highest BCUT2D eigenvalue weighted by Crippen LogP contribution is 2.23. The minimum atomic E-state index is -0.199. The summed E-state index contributed by atoms with van der Waals surface area (Å²) >= 11 is 1.44. The van der Waals surface area contributed by atoms with Crippen LogP contribution >= 0.6 is 11.8 Å². The van der Waals surface area contributed by atoms with Gasteiger partial charge < -0.3 is 10.3 Å². The van der Waals surface area contributed by atoms with Crippen molar-refractivity contribution in [3.63, 3.8) is 0 Å². The zero-order valence-electron chi connectivity index (χ0n) is 11.7. The van der Waals surface area contributed by atoms with Gasteiger partial charge >= 0.3 is 0 Å². The van der Waals surface area contributed by atoms with Gasteiger partial charge in [-0.15, -0.1) is 0 Å². The molecule has 0 saturated heterocycles. The van der Waals surface area contributed by atoms with Crippen LogP contribution in [0.25, 0.3) is 10.9 Å². The van der Waals surface area contributed by atoms with Crippen molar-refractivity contribution in [3.05, 3.63) is 52.4 Å². The van der Waals surface area contributed by atoms with Crippen LogP contribution in [0.15, 0.2) is 46.5 Å². The fourth-order valence-corrected chi connectivity index (χ4v) is 2.48. The summed E-state index contributed by atoms with van der Waals surface area (Å²) < 4.78 is 0. The topological polar surface area (TPSA) is 70.7 Å². The number of nitrogens with one attached hydrogen (secondary N) is 2. The number of thioether (sulfide) groups is 1. The molecule has 0 spiro atoms. The Morgan fingerprint density at radius 1 is 1.24 bits per heavy atom. The van der Waals surface area contributed by atoms with Crippen molar-refractivity contribution in [1.29, 1.82) is 0 Å². The molecule has 0 saturated carbocycles. The summed E-state index contributed by atoms with van der Waals surface area (Å²) in [6.45, 7) is 2.02. The van der Waals surface area contributed by atoms with Gasteiger partial charge in [-0.05, 0) is 36.9 Å². The summed E-state index contributed by atoms with van der Waals surface area (Å²) in [6.07, 6.45) is 3.50. The number of hydrogen-bond donors (Lipinski definition) is 2. The van der Waals surface area contributed by atoms with Crippen LogP contribution < -0.4 is 10.9 Å². The number of nitrogens with zero attached hydrogens (tertiary/aromatic N) is 2. The van der Waals surface area contributed by atoms with Crippen molar-refractivity contribution in [2.75, 3.05) is 11.6 Å². The summed E-state index contributed by atoms with van der Waals surface area (Å²) in [7, 11) is 0. The molecule has 2 heterocycles. The van der Waals surface area contributed by atoms with Gasteiger partial charge in [-0.25, -0.2) is 9.97 Å². The molecule has 0 amide bonds. The Kier molecular flexibility index (Phi) is 3.62. The monoisotopic (exact) mass is 298 g/mol. The molecule has 0 unspecified atom stereocenters. The quantitative estimate of drug-likeness (QED) is 0.574. The molecule has 3 rings (SSSR count). The van der Waals surface area contributed by atoms with Crippen LogP contribution in [0.2, 0.25) is 0 Å². The van der Waals surface area contributed by atoms with Gasteiger partial charge in [0.15, 0.2) is 5.16 Å². The second kappa shape index (κ2) is 5.57. The number of benzene rings is 1. The lowest BCUT2D eigenvalue weighted by molar-refractivity contribution is 1.01. The first-order valence-electron chi connectivity index (χ1n) is 6.44. The predicted octanol–water partition coefficient (Wildman–Crippen LogP) is 3.09. The Hall–Kier alpha value is -2.34. The van der Waals surface area contributed by atoms with Gasteiger partial charge in [0.2, 0.25) is 0 Å². The molecule has 0 aliphatic heterocycles.